The van der Waals surface area contributed by atoms with Crippen molar-refractivity contribution in [1.29, 1.82) is 0 Å². The predicted octanol–water partition coefficient (Wildman–Crippen LogP) is 3.12. The maximum Gasteiger partial charge on any atom is 0.271 e. The molecule has 0 aliphatic heterocycles. The molecule has 1 aromatic heterocycles. The molecule has 0 amide bonds. The highest BCUT2D eigenvalue weighted by molar-refractivity contribution is 9.10. The van der Waals surface area contributed by atoms with Crippen LogP contribution in [0.2, 0.25) is 0 Å². The number of rotatable bonds is 5. The monoisotopic (exact) mass is 397 g/mol. The van der Waals surface area contributed by atoms with E-state index in [-0.39, 0.29) is 21.0 Å². The Kier molecular flexibility index (Phi) is 4.97. The standard InChI is InChI=1S/C12H10BrF2NO3S2/c13-9-5-7(14)6-10(15)12(9)16-21(18,19)11-2-1-8(20-11)3-4-17/h1-2,5-6,16-17H,3-4H2. The van der Waals surface area contributed by atoms with Gasteiger partial charge in [-0.25, -0.2) is 17.2 Å². The summed E-state index contributed by atoms with van der Waals surface area (Å²) in [6.07, 6.45) is 0.342. The van der Waals surface area contributed by atoms with Gasteiger partial charge in [0.15, 0.2) is 5.82 Å². The summed E-state index contributed by atoms with van der Waals surface area (Å²) in [5.41, 5.74) is -0.353. The largest absolute Gasteiger partial charge is 0.396 e. The van der Waals surface area contributed by atoms with Gasteiger partial charge in [0.2, 0.25) is 0 Å². The number of anilines is 1. The number of hydrogen-bond acceptors (Lipinski definition) is 4. The first-order valence-corrected chi connectivity index (χ1v) is 8.79. The predicted molar refractivity (Wildman–Crippen MR) is 80.0 cm³/mol. The minimum absolute atomic E-state index is 0.0124. The fourth-order valence-corrected chi connectivity index (χ4v) is 4.64. The summed E-state index contributed by atoms with van der Waals surface area (Å²) in [6, 6.07) is 4.50. The Morgan fingerprint density at radius 3 is 2.62 bits per heavy atom. The number of aliphatic hydroxyl groups excluding tert-OH is 1. The van der Waals surface area contributed by atoms with Gasteiger partial charge in [0.1, 0.15) is 10.0 Å². The molecule has 4 nitrogen and oxygen atoms in total. The van der Waals surface area contributed by atoms with E-state index in [4.69, 9.17) is 5.11 Å². The summed E-state index contributed by atoms with van der Waals surface area (Å²) in [4.78, 5) is 0.691. The van der Waals surface area contributed by atoms with Crippen molar-refractivity contribution >= 4 is 43.0 Å². The van der Waals surface area contributed by atoms with Crippen LogP contribution in [0.4, 0.5) is 14.5 Å². The Morgan fingerprint density at radius 2 is 2.00 bits per heavy atom. The third-order valence-electron chi connectivity index (χ3n) is 2.50. The van der Waals surface area contributed by atoms with Gasteiger partial charge < -0.3 is 5.11 Å². The van der Waals surface area contributed by atoms with Crippen molar-refractivity contribution in [2.24, 2.45) is 0 Å². The SMILES string of the molecule is O=S(=O)(Nc1c(F)cc(F)cc1Br)c1ccc(CCO)s1. The number of nitrogens with one attached hydrogen (secondary N) is 1. The van der Waals surface area contributed by atoms with E-state index in [1.165, 1.54) is 6.07 Å². The van der Waals surface area contributed by atoms with Crippen molar-refractivity contribution < 1.29 is 22.3 Å². The molecule has 1 heterocycles. The third-order valence-corrected chi connectivity index (χ3v) is 6.12. The second kappa shape index (κ2) is 6.39. The Bertz CT molecular complexity index is 739. The third kappa shape index (κ3) is 3.79. The van der Waals surface area contributed by atoms with Crippen LogP contribution in [0.15, 0.2) is 32.9 Å². The van der Waals surface area contributed by atoms with Gasteiger partial charge in [0, 0.05) is 28.4 Å². The number of aliphatic hydroxyl groups is 1. The van der Waals surface area contributed by atoms with Gasteiger partial charge in [-0.2, -0.15) is 0 Å². The zero-order chi connectivity index (χ0) is 15.6. The van der Waals surface area contributed by atoms with Crippen LogP contribution in [0, 0.1) is 11.6 Å². The maximum absolute atomic E-state index is 13.7. The average Bonchev–Trinajstić information content (AvgIpc) is 2.84. The van der Waals surface area contributed by atoms with Gasteiger partial charge in [-0.1, -0.05) is 0 Å². The van der Waals surface area contributed by atoms with Crippen molar-refractivity contribution in [1.82, 2.24) is 0 Å². The molecule has 2 aromatic rings. The number of hydrogen-bond donors (Lipinski definition) is 2. The Labute approximate surface area is 132 Å². The van der Waals surface area contributed by atoms with Gasteiger partial charge in [-0.05, 0) is 34.1 Å². The molecular weight excluding hydrogens is 388 g/mol. The number of sulfonamides is 1. The van der Waals surface area contributed by atoms with E-state index in [1.54, 1.807) is 6.07 Å². The fraction of sp³-hybridized carbons (Fsp3) is 0.167. The molecule has 2 rings (SSSR count). The van der Waals surface area contributed by atoms with Gasteiger partial charge >= 0.3 is 0 Å². The summed E-state index contributed by atoms with van der Waals surface area (Å²) >= 11 is 3.89. The molecule has 0 fully saturated rings. The Hall–Kier alpha value is -1.03. The van der Waals surface area contributed by atoms with Crippen molar-refractivity contribution in [3.8, 4) is 0 Å². The lowest BCUT2D eigenvalue weighted by molar-refractivity contribution is 0.300. The number of halogens is 3. The molecule has 1 aromatic carbocycles. The first kappa shape index (κ1) is 16.3. The lowest BCUT2D eigenvalue weighted by Crippen LogP contribution is -2.13. The highest BCUT2D eigenvalue weighted by Gasteiger charge is 2.21. The molecule has 0 spiro atoms. The fourth-order valence-electron chi connectivity index (χ4n) is 1.57. The van der Waals surface area contributed by atoms with E-state index in [0.29, 0.717) is 17.4 Å². The van der Waals surface area contributed by atoms with Crippen LogP contribution < -0.4 is 4.72 Å². The van der Waals surface area contributed by atoms with E-state index in [2.05, 4.69) is 20.7 Å². The smallest absolute Gasteiger partial charge is 0.271 e. The lowest BCUT2D eigenvalue weighted by Gasteiger charge is -2.09. The van der Waals surface area contributed by atoms with Crippen LogP contribution in [0.1, 0.15) is 4.88 Å². The highest BCUT2D eigenvalue weighted by Crippen LogP contribution is 2.30. The molecule has 0 radical (unpaired) electrons. The molecule has 0 bridgehead atoms. The highest BCUT2D eigenvalue weighted by atomic mass is 79.9. The minimum Gasteiger partial charge on any atom is -0.396 e. The number of thiophene rings is 1. The first-order chi connectivity index (χ1) is 9.83. The Morgan fingerprint density at radius 1 is 1.29 bits per heavy atom. The number of benzene rings is 1. The van der Waals surface area contributed by atoms with Crippen LogP contribution in [0.3, 0.4) is 0 Å². The summed E-state index contributed by atoms with van der Waals surface area (Å²) in [7, 11) is -3.97. The van der Waals surface area contributed by atoms with E-state index >= 15 is 0 Å². The molecule has 21 heavy (non-hydrogen) atoms. The molecule has 0 aliphatic carbocycles. The normalized spacial score (nSPS) is 11.6. The second-order valence-corrected chi connectivity index (χ2v) is 7.98. The van der Waals surface area contributed by atoms with E-state index in [9.17, 15) is 17.2 Å². The van der Waals surface area contributed by atoms with E-state index < -0.39 is 21.7 Å². The van der Waals surface area contributed by atoms with E-state index in [1.807, 2.05) is 0 Å². The molecule has 9 heteroatoms. The summed E-state index contributed by atoms with van der Waals surface area (Å²) in [5, 5.41) is 8.82. The van der Waals surface area contributed by atoms with Crippen LogP contribution in [-0.4, -0.2) is 20.1 Å². The summed E-state index contributed by atoms with van der Waals surface area (Å²) in [6.45, 7) is -0.0917. The summed E-state index contributed by atoms with van der Waals surface area (Å²) in [5.74, 6) is -1.83. The van der Waals surface area contributed by atoms with Gasteiger partial charge in [-0.15, -0.1) is 11.3 Å². The molecule has 114 valence electrons. The second-order valence-electron chi connectivity index (χ2n) is 4.04. The molecule has 2 N–H and O–H groups in total. The topological polar surface area (TPSA) is 66.4 Å². The zero-order valence-electron chi connectivity index (χ0n) is 10.4. The molecule has 0 saturated heterocycles. The molecule has 0 unspecified atom stereocenters. The van der Waals surface area contributed by atoms with Crippen LogP contribution in [0.25, 0.3) is 0 Å². The zero-order valence-corrected chi connectivity index (χ0v) is 13.7. The first-order valence-electron chi connectivity index (χ1n) is 5.70. The van der Waals surface area contributed by atoms with Crippen LogP contribution >= 0.6 is 27.3 Å². The van der Waals surface area contributed by atoms with Crippen molar-refractivity contribution in [2.75, 3.05) is 11.3 Å². The van der Waals surface area contributed by atoms with Gasteiger partial charge in [0.05, 0.1) is 5.69 Å². The van der Waals surface area contributed by atoms with Gasteiger partial charge in [-0.3, -0.25) is 4.72 Å². The van der Waals surface area contributed by atoms with Crippen molar-refractivity contribution in [3.63, 3.8) is 0 Å². The molecule has 0 saturated carbocycles. The molecule has 0 aliphatic rings. The van der Waals surface area contributed by atoms with Gasteiger partial charge in [0.25, 0.3) is 10.0 Å². The van der Waals surface area contributed by atoms with Crippen molar-refractivity contribution in [2.45, 2.75) is 10.6 Å². The van der Waals surface area contributed by atoms with Crippen molar-refractivity contribution in [3.05, 3.63) is 45.2 Å². The molecule has 0 atom stereocenters. The lowest BCUT2D eigenvalue weighted by atomic mass is 10.3. The maximum atomic E-state index is 13.7. The Balaban J connectivity index is 2.33. The van der Waals surface area contributed by atoms with E-state index in [0.717, 1.165) is 17.4 Å². The summed E-state index contributed by atoms with van der Waals surface area (Å²) < 4.78 is 53.0. The average molecular weight is 398 g/mol. The quantitative estimate of drug-likeness (QED) is 0.814. The van der Waals surface area contributed by atoms with Crippen LogP contribution in [0.5, 0.6) is 0 Å². The molecular formula is C12H10BrF2NO3S2. The minimum atomic E-state index is -3.97. The van der Waals surface area contributed by atoms with Crippen LogP contribution in [-0.2, 0) is 16.4 Å².